The highest BCUT2D eigenvalue weighted by molar-refractivity contribution is 5.94. The Morgan fingerprint density at radius 2 is 2.00 bits per heavy atom. The van der Waals surface area contributed by atoms with E-state index in [1.807, 2.05) is 0 Å². The molecule has 0 radical (unpaired) electrons. The second kappa shape index (κ2) is 4.34. The molecule has 0 aliphatic carbocycles. The molecule has 4 nitrogen and oxygen atoms in total. The number of halogens is 2. The van der Waals surface area contributed by atoms with Gasteiger partial charge in [0.05, 0.1) is 0 Å². The molecule has 1 saturated heterocycles. The summed E-state index contributed by atoms with van der Waals surface area (Å²) in [6.45, 7) is -1.66. The van der Waals surface area contributed by atoms with Crippen molar-refractivity contribution in [2.24, 2.45) is 0 Å². The molecule has 1 N–H and O–H groups in total. The lowest BCUT2D eigenvalue weighted by Crippen LogP contribution is -2.27. The van der Waals surface area contributed by atoms with Crippen molar-refractivity contribution < 1.29 is 18.3 Å². The lowest BCUT2D eigenvalue weighted by molar-refractivity contribution is -0.0498. The molecule has 0 atom stereocenters. The van der Waals surface area contributed by atoms with E-state index in [0.717, 1.165) is 0 Å². The summed E-state index contributed by atoms with van der Waals surface area (Å²) in [6, 6.07) is 5.79. The number of alkyl halides is 2. The Hall–Kier alpha value is -1.85. The van der Waals surface area contributed by atoms with Crippen LogP contribution < -0.4 is 15.0 Å². The van der Waals surface area contributed by atoms with E-state index >= 15 is 0 Å². The summed E-state index contributed by atoms with van der Waals surface area (Å²) in [5, 5.41) is 2.65. The smallest absolute Gasteiger partial charge is 0.387 e. The van der Waals surface area contributed by atoms with Gasteiger partial charge in [-0.15, -0.1) is 0 Å². The van der Waals surface area contributed by atoms with Crippen molar-refractivity contribution in [3.8, 4) is 5.75 Å². The standard InChI is InChI=1S/C10H10F2N2O2/c11-9(12)16-8-3-1-7(2-4-8)14-6-5-13-10(14)15/h1-4,9H,5-6H2,(H,13,15). The Labute approximate surface area is 90.8 Å². The molecule has 1 fully saturated rings. The Morgan fingerprint density at radius 1 is 1.31 bits per heavy atom. The highest BCUT2D eigenvalue weighted by Crippen LogP contribution is 2.21. The zero-order chi connectivity index (χ0) is 11.5. The molecule has 0 bridgehead atoms. The summed E-state index contributed by atoms with van der Waals surface area (Å²) in [5.41, 5.74) is 0.664. The highest BCUT2D eigenvalue weighted by atomic mass is 19.3. The van der Waals surface area contributed by atoms with Crippen LogP contribution in [0.5, 0.6) is 5.75 Å². The zero-order valence-electron chi connectivity index (χ0n) is 8.32. The number of nitrogens with zero attached hydrogens (tertiary/aromatic N) is 1. The van der Waals surface area contributed by atoms with E-state index < -0.39 is 6.61 Å². The minimum atomic E-state index is -2.83. The van der Waals surface area contributed by atoms with Crippen LogP contribution in [0.25, 0.3) is 0 Å². The molecule has 0 aromatic heterocycles. The number of carbonyl (C=O) groups excluding carboxylic acids is 1. The molecule has 1 aromatic carbocycles. The van der Waals surface area contributed by atoms with E-state index in [9.17, 15) is 13.6 Å². The average molecular weight is 228 g/mol. The molecule has 0 saturated carbocycles. The van der Waals surface area contributed by atoms with Crippen LogP contribution in [0.4, 0.5) is 19.3 Å². The summed E-state index contributed by atoms with van der Waals surface area (Å²) in [7, 11) is 0. The Bertz CT molecular complexity index is 381. The van der Waals surface area contributed by atoms with Gasteiger partial charge in [0.1, 0.15) is 5.75 Å². The van der Waals surface area contributed by atoms with E-state index in [4.69, 9.17) is 0 Å². The molecule has 2 amide bonds. The highest BCUT2D eigenvalue weighted by Gasteiger charge is 2.20. The fourth-order valence-electron chi connectivity index (χ4n) is 1.53. The molecule has 1 aliphatic rings. The molecule has 16 heavy (non-hydrogen) atoms. The summed E-state index contributed by atoms with van der Waals surface area (Å²) in [6.07, 6.45) is 0. The molecule has 6 heteroatoms. The molecule has 1 aromatic rings. The molecule has 86 valence electrons. The van der Waals surface area contributed by atoms with Gasteiger partial charge in [-0.2, -0.15) is 8.78 Å². The first-order valence-corrected chi connectivity index (χ1v) is 4.77. The number of carbonyl (C=O) groups is 1. The van der Waals surface area contributed by atoms with Gasteiger partial charge in [0, 0.05) is 18.8 Å². The quantitative estimate of drug-likeness (QED) is 0.857. The number of rotatable bonds is 3. The second-order valence-electron chi connectivity index (χ2n) is 3.26. The summed E-state index contributed by atoms with van der Waals surface area (Å²) >= 11 is 0. The van der Waals surface area contributed by atoms with Gasteiger partial charge in [-0.3, -0.25) is 4.90 Å². The van der Waals surface area contributed by atoms with Crippen molar-refractivity contribution in [2.75, 3.05) is 18.0 Å². The Balaban J connectivity index is 2.09. The van der Waals surface area contributed by atoms with Gasteiger partial charge < -0.3 is 10.1 Å². The number of urea groups is 1. The maximum Gasteiger partial charge on any atom is 0.387 e. The van der Waals surface area contributed by atoms with Crippen LogP contribution in [-0.4, -0.2) is 25.7 Å². The third-order valence-electron chi connectivity index (χ3n) is 2.23. The second-order valence-corrected chi connectivity index (χ2v) is 3.26. The predicted molar refractivity (Wildman–Crippen MR) is 53.8 cm³/mol. The monoisotopic (exact) mass is 228 g/mol. The average Bonchev–Trinajstić information content (AvgIpc) is 2.65. The summed E-state index contributed by atoms with van der Waals surface area (Å²) in [5.74, 6) is 0.0818. The van der Waals surface area contributed by atoms with Crippen molar-refractivity contribution in [2.45, 2.75) is 6.61 Å². The van der Waals surface area contributed by atoms with Crippen molar-refractivity contribution in [1.82, 2.24) is 5.32 Å². The van der Waals surface area contributed by atoms with Crippen LogP contribution in [0.2, 0.25) is 0 Å². The minimum absolute atomic E-state index is 0.0818. The van der Waals surface area contributed by atoms with Crippen molar-refractivity contribution in [1.29, 1.82) is 0 Å². The maximum absolute atomic E-state index is 11.9. The van der Waals surface area contributed by atoms with Crippen LogP contribution in [0.15, 0.2) is 24.3 Å². The zero-order valence-corrected chi connectivity index (χ0v) is 8.32. The van der Waals surface area contributed by atoms with Crippen molar-refractivity contribution >= 4 is 11.7 Å². The third-order valence-corrected chi connectivity index (χ3v) is 2.23. The van der Waals surface area contributed by atoms with Crippen LogP contribution in [0.1, 0.15) is 0 Å². The van der Waals surface area contributed by atoms with Gasteiger partial charge in [-0.25, -0.2) is 4.79 Å². The molecular formula is C10H10F2N2O2. The molecular weight excluding hydrogens is 218 g/mol. The van der Waals surface area contributed by atoms with Gasteiger partial charge in [0.15, 0.2) is 0 Å². The molecule has 2 rings (SSSR count). The predicted octanol–water partition coefficient (Wildman–Crippen LogP) is 1.82. The minimum Gasteiger partial charge on any atom is -0.435 e. The van der Waals surface area contributed by atoms with Gasteiger partial charge >= 0.3 is 12.6 Å². The molecule has 1 heterocycles. The molecule has 1 aliphatic heterocycles. The number of hydrogen-bond acceptors (Lipinski definition) is 2. The summed E-state index contributed by atoms with van der Waals surface area (Å²) < 4.78 is 28.0. The van der Waals surface area contributed by atoms with Gasteiger partial charge in [0.2, 0.25) is 0 Å². The van der Waals surface area contributed by atoms with Crippen LogP contribution >= 0.6 is 0 Å². The number of hydrogen-bond donors (Lipinski definition) is 1. The number of amides is 2. The van der Waals surface area contributed by atoms with E-state index in [1.165, 1.54) is 17.0 Å². The lowest BCUT2D eigenvalue weighted by atomic mass is 10.3. The van der Waals surface area contributed by atoms with E-state index in [0.29, 0.717) is 18.8 Å². The van der Waals surface area contributed by atoms with Crippen LogP contribution in [-0.2, 0) is 0 Å². The van der Waals surface area contributed by atoms with Crippen LogP contribution in [0, 0.1) is 0 Å². The lowest BCUT2D eigenvalue weighted by Gasteiger charge is -2.14. The fraction of sp³-hybridized carbons (Fsp3) is 0.300. The van der Waals surface area contributed by atoms with Gasteiger partial charge in [-0.1, -0.05) is 0 Å². The first-order chi connectivity index (χ1) is 7.66. The number of benzene rings is 1. The number of ether oxygens (including phenoxy) is 1. The van der Waals surface area contributed by atoms with E-state index in [1.54, 1.807) is 12.1 Å². The summed E-state index contributed by atoms with van der Waals surface area (Å²) in [4.78, 5) is 12.8. The largest absolute Gasteiger partial charge is 0.435 e. The van der Waals surface area contributed by atoms with Crippen molar-refractivity contribution in [3.05, 3.63) is 24.3 Å². The van der Waals surface area contributed by atoms with Crippen LogP contribution in [0.3, 0.4) is 0 Å². The molecule has 0 unspecified atom stereocenters. The van der Waals surface area contributed by atoms with E-state index in [2.05, 4.69) is 10.1 Å². The normalized spacial score (nSPS) is 15.4. The SMILES string of the molecule is O=C1NCCN1c1ccc(OC(F)F)cc1. The maximum atomic E-state index is 11.9. The Morgan fingerprint density at radius 3 is 2.50 bits per heavy atom. The first-order valence-electron chi connectivity index (χ1n) is 4.77. The Kier molecular flexibility index (Phi) is 2.89. The van der Waals surface area contributed by atoms with E-state index in [-0.39, 0.29) is 11.8 Å². The van der Waals surface area contributed by atoms with Gasteiger partial charge in [-0.05, 0) is 24.3 Å². The third kappa shape index (κ3) is 2.21. The molecule has 0 spiro atoms. The van der Waals surface area contributed by atoms with Gasteiger partial charge in [0.25, 0.3) is 0 Å². The number of anilines is 1. The first kappa shape index (κ1) is 10.7. The fourth-order valence-corrected chi connectivity index (χ4v) is 1.53. The number of nitrogens with one attached hydrogen (secondary N) is 1. The topological polar surface area (TPSA) is 41.6 Å². The van der Waals surface area contributed by atoms with Crippen molar-refractivity contribution in [3.63, 3.8) is 0 Å².